The number of benzene rings is 2. The number of nitrogens with two attached hydrogens (primary N) is 1. The molecule has 5 rings (SSSR count). The van der Waals surface area contributed by atoms with Crippen molar-refractivity contribution in [1.82, 2.24) is 19.5 Å². The molecule has 2 aromatic heterocycles. The van der Waals surface area contributed by atoms with Gasteiger partial charge in [0.2, 0.25) is 0 Å². The summed E-state index contributed by atoms with van der Waals surface area (Å²) in [5.74, 6) is 0.342. The Labute approximate surface area is 208 Å². The van der Waals surface area contributed by atoms with Gasteiger partial charge in [0.1, 0.15) is 11.8 Å². The highest BCUT2D eigenvalue weighted by Crippen LogP contribution is 2.31. The molecule has 0 unspecified atom stereocenters. The molecule has 2 aromatic carbocycles. The lowest BCUT2D eigenvalue weighted by Crippen LogP contribution is -2.36. The van der Waals surface area contributed by atoms with Gasteiger partial charge in [0.15, 0.2) is 11.6 Å². The molecule has 1 aliphatic rings. The summed E-state index contributed by atoms with van der Waals surface area (Å²) in [6.45, 7) is 5.39. The van der Waals surface area contributed by atoms with Crippen molar-refractivity contribution in [3.05, 3.63) is 72.2 Å². The molecule has 0 bridgehead atoms. The number of anilines is 3. The van der Waals surface area contributed by atoms with Crippen molar-refractivity contribution in [2.75, 3.05) is 42.7 Å². The first-order valence-electron chi connectivity index (χ1n) is 11.7. The third-order valence-corrected chi connectivity index (χ3v) is 6.13. The number of rotatable bonds is 6. The SMILES string of the molecule is CC(=O)c1cccc(NC(=O)Nc2ccc(-c3cc(CN4CCOCC4)n4ncnc(N)c34)cc2)c1. The van der Waals surface area contributed by atoms with Crippen LogP contribution in [0.1, 0.15) is 23.0 Å². The number of carbonyl (C=O) groups excluding carboxylic acids is 2. The standard InChI is InChI=1S/C26H27N7O3/c1-17(34)19-3-2-4-21(13-19)31-26(35)30-20-7-5-18(6-8-20)23-14-22(15-32-9-11-36-12-10-32)33-24(23)25(27)28-16-29-33/h2-8,13-14,16H,9-12,15H2,1H3,(H2,27,28,29)(H2,30,31,35). The van der Waals surface area contributed by atoms with E-state index < -0.39 is 6.03 Å². The summed E-state index contributed by atoms with van der Waals surface area (Å²) in [4.78, 5) is 30.6. The Kier molecular flexibility index (Phi) is 6.61. The number of carbonyl (C=O) groups is 2. The smallest absolute Gasteiger partial charge is 0.323 e. The highest BCUT2D eigenvalue weighted by Gasteiger charge is 2.18. The summed E-state index contributed by atoms with van der Waals surface area (Å²) < 4.78 is 7.31. The second-order valence-corrected chi connectivity index (χ2v) is 8.64. The van der Waals surface area contributed by atoms with E-state index in [0.29, 0.717) is 22.8 Å². The monoisotopic (exact) mass is 485 g/mol. The molecule has 0 spiro atoms. The zero-order chi connectivity index (χ0) is 25.1. The number of nitrogens with zero attached hydrogens (tertiary/aromatic N) is 4. The van der Waals surface area contributed by atoms with Crippen molar-refractivity contribution < 1.29 is 14.3 Å². The number of ether oxygens (including phenoxy) is 1. The molecule has 0 atom stereocenters. The van der Waals surface area contributed by atoms with Gasteiger partial charge in [-0.1, -0.05) is 24.3 Å². The van der Waals surface area contributed by atoms with E-state index in [4.69, 9.17) is 10.5 Å². The molecule has 0 saturated carbocycles. The third-order valence-electron chi connectivity index (χ3n) is 6.13. The second-order valence-electron chi connectivity index (χ2n) is 8.64. The normalized spacial score (nSPS) is 14.0. The number of hydrogen-bond donors (Lipinski definition) is 3. The van der Waals surface area contributed by atoms with Crippen LogP contribution in [0.2, 0.25) is 0 Å². The van der Waals surface area contributed by atoms with E-state index in [0.717, 1.165) is 55.2 Å². The van der Waals surface area contributed by atoms with Crippen molar-refractivity contribution in [1.29, 1.82) is 0 Å². The van der Waals surface area contributed by atoms with Crippen molar-refractivity contribution in [3.63, 3.8) is 0 Å². The van der Waals surface area contributed by atoms with Gasteiger partial charge in [-0.15, -0.1) is 0 Å². The number of morpholine rings is 1. The number of Topliss-reactive ketones (excluding diaryl/α,β-unsaturated/α-hetero) is 1. The molecule has 2 amide bonds. The lowest BCUT2D eigenvalue weighted by Gasteiger charge is -2.26. The Hall–Kier alpha value is -4.28. The summed E-state index contributed by atoms with van der Waals surface area (Å²) in [5, 5.41) is 10.0. The van der Waals surface area contributed by atoms with Gasteiger partial charge in [-0.2, -0.15) is 5.10 Å². The maximum Gasteiger partial charge on any atom is 0.323 e. The predicted molar refractivity (Wildman–Crippen MR) is 138 cm³/mol. The minimum absolute atomic E-state index is 0.0630. The first-order chi connectivity index (χ1) is 17.5. The van der Waals surface area contributed by atoms with E-state index in [9.17, 15) is 9.59 Å². The zero-order valence-electron chi connectivity index (χ0n) is 19.9. The average molecular weight is 486 g/mol. The van der Waals surface area contributed by atoms with Crippen LogP contribution in [0.15, 0.2) is 60.9 Å². The predicted octanol–water partition coefficient (Wildman–Crippen LogP) is 3.66. The van der Waals surface area contributed by atoms with Gasteiger partial charge in [-0.25, -0.2) is 14.3 Å². The fourth-order valence-corrected chi connectivity index (χ4v) is 4.30. The lowest BCUT2D eigenvalue weighted by atomic mass is 10.1. The fourth-order valence-electron chi connectivity index (χ4n) is 4.30. The number of aromatic nitrogens is 3. The summed E-state index contributed by atoms with van der Waals surface area (Å²) in [7, 11) is 0. The van der Waals surface area contributed by atoms with Gasteiger partial charge in [-0.3, -0.25) is 9.69 Å². The average Bonchev–Trinajstić information content (AvgIpc) is 3.25. The molecule has 0 radical (unpaired) electrons. The molecule has 1 fully saturated rings. The molecular weight excluding hydrogens is 458 g/mol. The minimum atomic E-state index is -0.400. The quantitative estimate of drug-likeness (QED) is 0.356. The summed E-state index contributed by atoms with van der Waals surface area (Å²) >= 11 is 0. The maximum absolute atomic E-state index is 12.5. The van der Waals surface area contributed by atoms with Crippen LogP contribution in [0, 0.1) is 0 Å². The van der Waals surface area contributed by atoms with Crippen LogP contribution in [-0.4, -0.2) is 57.6 Å². The van der Waals surface area contributed by atoms with E-state index in [-0.39, 0.29) is 5.78 Å². The van der Waals surface area contributed by atoms with E-state index >= 15 is 0 Å². The molecule has 4 aromatic rings. The van der Waals surface area contributed by atoms with Gasteiger partial charge in [0, 0.05) is 42.1 Å². The largest absolute Gasteiger partial charge is 0.382 e. The molecule has 10 nitrogen and oxygen atoms in total. The number of hydrogen-bond acceptors (Lipinski definition) is 7. The molecule has 3 heterocycles. The Morgan fingerprint density at radius 3 is 2.53 bits per heavy atom. The molecular formula is C26H27N7O3. The van der Waals surface area contributed by atoms with Gasteiger partial charge < -0.3 is 21.1 Å². The Morgan fingerprint density at radius 2 is 1.78 bits per heavy atom. The highest BCUT2D eigenvalue weighted by molar-refractivity contribution is 6.01. The Morgan fingerprint density at radius 1 is 1.03 bits per heavy atom. The Bertz CT molecular complexity index is 1410. The van der Waals surface area contributed by atoms with Crippen molar-refractivity contribution >= 4 is 34.5 Å². The van der Waals surface area contributed by atoms with Gasteiger partial charge >= 0.3 is 6.03 Å². The molecule has 10 heteroatoms. The number of urea groups is 1. The van der Waals surface area contributed by atoms with Gasteiger partial charge in [0.05, 0.1) is 18.9 Å². The molecule has 36 heavy (non-hydrogen) atoms. The third kappa shape index (κ3) is 5.04. The minimum Gasteiger partial charge on any atom is -0.382 e. The van der Waals surface area contributed by atoms with Gasteiger partial charge in [0.25, 0.3) is 0 Å². The van der Waals surface area contributed by atoms with Crippen molar-refractivity contribution in [2.45, 2.75) is 13.5 Å². The van der Waals surface area contributed by atoms with Crippen LogP contribution in [0.3, 0.4) is 0 Å². The zero-order valence-corrected chi connectivity index (χ0v) is 19.9. The molecule has 0 aliphatic carbocycles. The topological polar surface area (TPSA) is 127 Å². The molecule has 184 valence electrons. The van der Waals surface area contributed by atoms with E-state index in [1.54, 1.807) is 24.3 Å². The lowest BCUT2D eigenvalue weighted by molar-refractivity contribution is 0.0334. The van der Waals surface area contributed by atoms with Crippen molar-refractivity contribution in [3.8, 4) is 11.1 Å². The van der Waals surface area contributed by atoms with E-state index in [2.05, 4.69) is 31.7 Å². The summed E-state index contributed by atoms with van der Waals surface area (Å²) in [5.41, 5.74) is 11.6. The Balaban J connectivity index is 1.34. The van der Waals surface area contributed by atoms with E-state index in [1.165, 1.54) is 13.3 Å². The molecule has 1 aliphatic heterocycles. The number of nitrogen functional groups attached to an aromatic ring is 1. The number of nitrogens with one attached hydrogen (secondary N) is 2. The maximum atomic E-state index is 12.5. The van der Waals surface area contributed by atoms with Crippen LogP contribution in [0.5, 0.6) is 0 Å². The molecule has 1 saturated heterocycles. The van der Waals surface area contributed by atoms with Crippen LogP contribution in [0.4, 0.5) is 22.0 Å². The highest BCUT2D eigenvalue weighted by atomic mass is 16.5. The number of amides is 2. The molecule has 4 N–H and O–H groups in total. The van der Waals surface area contributed by atoms with Crippen LogP contribution >= 0.6 is 0 Å². The van der Waals surface area contributed by atoms with Crippen molar-refractivity contribution in [2.24, 2.45) is 0 Å². The van der Waals surface area contributed by atoms with Crippen LogP contribution < -0.4 is 16.4 Å². The first-order valence-corrected chi connectivity index (χ1v) is 11.7. The van der Waals surface area contributed by atoms with Gasteiger partial charge in [-0.05, 0) is 42.8 Å². The second kappa shape index (κ2) is 10.1. The first kappa shape index (κ1) is 23.5. The van der Waals surface area contributed by atoms with E-state index in [1.807, 2.05) is 28.8 Å². The number of ketones is 1. The summed E-state index contributed by atoms with van der Waals surface area (Å²) in [6.07, 6.45) is 1.46. The summed E-state index contributed by atoms with van der Waals surface area (Å²) in [6, 6.07) is 16.0. The van der Waals surface area contributed by atoms with Crippen LogP contribution in [-0.2, 0) is 11.3 Å². The fraction of sp³-hybridized carbons (Fsp3) is 0.231. The van der Waals surface area contributed by atoms with Crippen LogP contribution in [0.25, 0.3) is 16.6 Å². The number of fused-ring (bicyclic) bond motifs is 1.